The van der Waals surface area contributed by atoms with Gasteiger partial charge >= 0.3 is 0 Å². The molecule has 0 aliphatic heterocycles. The molecule has 0 aromatic heterocycles. The highest BCUT2D eigenvalue weighted by Crippen LogP contribution is 2.12. The molecule has 0 heterocycles. The lowest BCUT2D eigenvalue weighted by atomic mass is 10.2. The Morgan fingerprint density at radius 3 is 2.74 bits per heavy atom. The summed E-state index contributed by atoms with van der Waals surface area (Å²) in [6, 6.07) is 7.73. The number of hydrogen-bond acceptors (Lipinski definition) is 4. The first-order valence-corrected chi connectivity index (χ1v) is 7.60. The van der Waals surface area contributed by atoms with Gasteiger partial charge in [0.25, 0.3) is 0 Å². The zero-order valence-electron chi connectivity index (χ0n) is 14.0. The van der Waals surface area contributed by atoms with Crippen LogP contribution in [0.4, 0.5) is 0 Å². The number of nitrogens with zero attached hydrogens (tertiary/aromatic N) is 1. The SMILES string of the molecule is CCNC(=NCc1cccc(OC)c1)NCC(=O)NCCOC. The van der Waals surface area contributed by atoms with E-state index in [4.69, 9.17) is 9.47 Å². The number of rotatable bonds is 9. The van der Waals surface area contributed by atoms with E-state index in [0.29, 0.717) is 25.7 Å². The van der Waals surface area contributed by atoms with Crippen molar-refractivity contribution in [2.24, 2.45) is 4.99 Å². The molecule has 0 saturated carbocycles. The quantitative estimate of drug-likeness (QED) is 0.350. The molecule has 0 unspecified atom stereocenters. The van der Waals surface area contributed by atoms with Crippen LogP contribution in [0.2, 0.25) is 0 Å². The first-order chi connectivity index (χ1) is 11.2. The maximum atomic E-state index is 11.7. The first kappa shape index (κ1) is 18.8. The molecule has 1 aromatic carbocycles. The van der Waals surface area contributed by atoms with Crippen molar-refractivity contribution in [3.8, 4) is 5.75 Å². The third-order valence-corrected chi connectivity index (χ3v) is 2.94. The number of guanidine groups is 1. The lowest BCUT2D eigenvalue weighted by Crippen LogP contribution is -2.43. The summed E-state index contributed by atoms with van der Waals surface area (Å²) < 4.78 is 10.1. The summed E-state index contributed by atoms with van der Waals surface area (Å²) in [6.45, 7) is 4.34. The van der Waals surface area contributed by atoms with Crippen molar-refractivity contribution in [1.82, 2.24) is 16.0 Å². The number of benzene rings is 1. The molecule has 3 N–H and O–H groups in total. The molecule has 0 saturated heterocycles. The number of aliphatic imine (C=N–C) groups is 1. The summed E-state index contributed by atoms with van der Waals surface area (Å²) in [5.74, 6) is 1.29. The number of carbonyl (C=O) groups excluding carboxylic acids is 1. The normalized spacial score (nSPS) is 11.0. The van der Waals surface area contributed by atoms with E-state index in [1.807, 2.05) is 31.2 Å². The van der Waals surface area contributed by atoms with E-state index in [9.17, 15) is 4.79 Å². The van der Waals surface area contributed by atoms with Crippen molar-refractivity contribution in [2.45, 2.75) is 13.5 Å². The maximum absolute atomic E-state index is 11.7. The third-order valence-electron chi connectivity index (χ3n) is 2.94. The summed E-state index contributed by atoms with van der Waals surface area (Å²) >= 11 is 0. The Labute approximate surface area is 137 Å². The predicted octanol–water partition coefficient (Wildman–Crippen LogP) is 0.513. The van der Waals surface area contributed by atoms with Crippen molar-refractivity contribution < 1.29 is 14.3 Å². The average molecular weight is 322 g/mol. The van der Waals surface area contributed by atoms with Crippen LogP contribution in [0.5, 0.6) is 5.75 Å². The van der Waals surface area contributed by atoms with Crippen molar-refractivity contribution in [3.63, 3.8) is 0 Å². The van der Waals surface area contributed by atoms with Gasteiger partial charge in [0.15, 0.2) is 5.96 Å². The van der Waals surface area contributed by atoms with Gasteiger partial charge in [0, 0.05) is 20.2 Å². The van der Waals surface area contributed by atoms with Gasteiger partial charge in [-0.05, 0) is 24.6 Å². The minimum absolute atomic E-state index is 0.103. The molecule has 1 rings (SSSR count). The second kappa shape index (κ2) is 11.3. The molecule has 0 bridgehead atoms. The number of carbonyl (C=O) groups is 1. The van der Waals surface area contributed by atoms with E-state index in [1.165, 1.54) is 0 Å². The second-order valence-electron chi connectivity index (χ2n) is 4.74. The van der Waals surface area contributed by atoms with Crippen LogP contribution < -0.4 is 20.7 Å². The highest BCUT2D eigenvalue weighted by molar-refractivity contribution is 5.86. The maximum Gasteiger partial charge on any atom is 0.239 e. The fourth-order valence-electron chi connectivity index (χ4n) is 1.80. The fourth-order valence-corrected chi connectivity index (χ4v) is 1.80. The molecule has 0 aliphatic carbocycles. The van der Waals surface area contributed by atoms with Gasteiger partial charge in [-0.2, -0.15) is 0 Å². The van der Waals surface area contributed by atoms with Crippen LogP contribution in [-0.4, -0.2) is 52.3 Å². The number of hydrogen-bond donors (Lipinski definition) is 3. The number of amides is 1. The van der Waals surface area contributed by atoms with Gasteiger partial charge in [-0.1, -0.05) is 12.1 Å². The molecule has 0 radical (unpaired) electrons. The molecular weight excluding hydrogens is 296 g/mol. The lowest BCUT2D eigenvalue weighted by molar-refractivity contribution is -0.120. The average Bonchev–Trinajstić information content (AvgIpc) is 2.57. The Bertz CT molecular complexity index is 506. The second-order valence-corrected chi connectivity index (χ2v) is 4.74. The summed E-state index contributed by atoms with van der Waals surface area (Å²) in [7, 11) is 3.23. The Morgan fingerprint density at radius 2 is 2.04 bits per heavy atom. The van der Waals surface area contributed by atoms with Gasteiger partial charge in [0.05, 0.1) is 26.8 Å². The monoisotopic (exact) mass is 322 g/mol. The molecule has 1 aromatic rings. The van der Waals surface area contributed by atoms with Gasteiger partial charge in [-0.3, -0.25) is 4.79 Å². The van der Waals surface area contributed by atoms with E-state index in [-0.39, 0.29) is 12.5 Å². The Morgan fingerprint density at radius 1 is 1.22 bits per heavy atom. The largest absolute Gasteiger partial charge is 0.497 e. The number of methoxy groups -OCH3 is 2. The molecule has 23 heavy (non-hydrogen) atoms. The van der Waals surface area contributed by atoms with Crippen LogP contribution in [0.3, 0.4) is 0 Å². The number of nitrogens with one attached hydrogen (secondary N) is 3. The molecule has 0 atom stereocenters. The molecule has 1 amide bonds. The standard InChI is InChI=1S/C16H26N4O3/c1-4-17-16(20-12-15(21)18-8-9-22-2)19-11-13-6-5-7-14(10-13)23-3/h5-7,10H,4,8-9,11-12H2,1-3H3,(H,18,21)(H2,17,19,20). The van der Waals surface area contributed by atoms with Crippen LogP contribution in [0.25, 0.3) is 0 Å². The van der Waals surface area contributed by atoms with Gasteiger partial charge < -0.3 is 25.4 Å². The summed E-state index contributed by atoms with van der Waals surface area (Å²) in [4.78, 5) is 16.1. The topological polar surface area (TPSA) is 84.0 Å². The van der Waals surface area contributed by atoms with Crippen LogP contribution in [-0.2, 0) is 16.1 Å². The van der Waals surface area contributed by atoms with Crippen LogP contribution in [0.15, 0.2) is 29.3 Å². The predicted molar refractivity (Wildman–Crippen MR) is 90.7 cm³/mol. The lowest BCUT2D eigenvalue weighted by Gasteiger charge is -2.11. The fraction of sp³-hybridized carbons (Fsp3) is 0.500. The molecule has 0 fully saturated rings. The summed E-state index contributed by atoms with van der Waals surface area (Å²) in [5, 5.41) is 8.85. The summed E-state index contributed by atoms with van der Waals surface area (Å²) in [5.41, 5.74) is 1.03. The van der Waals surface area contributed by atoms with Crippen LogP contribution in [0.1, 0.15) is 12.5 Å². The van der Waals surface area contributed by atoms with E-state index in [1.54, 1.807) is 14.2 Å². The Kier molecular flexibility index (Phi) is 9.23. The molecule has 0 aliphatic rings. The van der Waals surface area contributed by atoms with Gasteiger partial charge in [-0.15, -0.1) is 0 Å². The minimum Gasteiger partial charge on any atom is -0.497 e. The molecule has 7 nitrogen and oxygen atoms in total. The van der Waals surface area contributed by atoms with E-state index in [0.717, 1.165) is 17.9 Å². The number of ether oxygens (including phenoxy) is 2. The Balaban J connectivity index is 2.50. The van der Waals surface area contributed by atoms with Crippen LogP contribution in [0, 0.1) is 0 Å². The van der Waals surface area contributed by atoms with Crippen molar-refractivity contribution in [2.75, 3.05) is 40.5 Å². The summed E-state index contributed by atoms with van der Waals surface area (Å²) in [6.07, 6.45) is 0. The van der Waals surface area contributed by atoms with Gasteiger partial charge in [-0.25, -0.2) is 4.99 Å². The van der Waals surface area contributed by atoms with E-state index in [2.05, 4.69) is 20.9 Å². The van der Waals surface area contributed by atoms with Crippen molar-refractivity contribution >= 4 is 11.9 Å². The highest BCUT2D eigenvalue weighted by Gasteiger charge is 2.03. The van der Waals surface area contributed by atoms with Crippen LogP contribution >= 0.6 is 0 Å². The molecule has 7 heteroatoms. The van der Waals surface area contributed by atoms with Crippen molar-refractivity contribution in [3.05, 3.63) is 29.8 Å². The van der Waals surface area contributed by atoms with E-state index >= 15 is 0 Å². The van der Waals surface area contributed by atoms with E-state index < -0.39 is 0 Å². The minimum atomic E-state index is -0.103. The Hall–Kier alpha value is -2.28. The zero-order valence-corrected chi connectivity index (χ0v) is 14.0. The molecule has 0 spiro atoms. The first-order valence-electron chi connectivity index (χ1n) is 7.60. The highest BCUT2D eigenvalue weighted by atomic mass is 16.5. The smallest absolute Gasteiger partial charge is 0.239 e. The van der Waals surface area contributed by atoms with Gasteiger partial charge in [0.1, 0.15) is 5.75 Å². The molecular formula is C16H26N4O3. The zero-order chi connectivity index (χ0) is 16.9. The molecule has 128 valence electrons. The third kappa shape index (κ3) is 8.06. The van der Waals surface area contributed by atoms with Gasteiger partial charge in [0.2, 0.25) is 5.91 Å². The van der Waals surface area contributed by atoms with Crippen molar-refractivity contribution in [1.29, 1.82) is 0 Å².